The maximum atomic E-state index is 12.4. The largest absolute Gasteiger partial charge is 0.478 e. The topological polar surface area (TPSA) is 102 Å². The Balaban J connectivity index is 2.07. The summed E-state index contributed by atoms with van der Waals surface area (Å²) in [6.45, 7) is 2.86. The Hall–Kier alpha value is -1.64. The van der Waals surface area contributed by atoms with E-state index in [-0.39, 0.29) is 17.2 Å². The number of sulfonamides is 1. The van der Waals surface area contributed by atoms with Crippen LogP contribution in [-0.4, -0.2) is 51.7 Å². The highest BCUT2D eigenvalue weighted by atomic mass is 32.2. The van der Waals surface area contributed by atoms with Gasteiger partial charge in [0.25, 0.3) is 0 Å². The number of methoxy groups -OCH3 is 1. The molecule has 8 heteroatoms. The summed E-state index contributed by atoms with van der Waals surface area (Å²) in [5.41, 5.74) is 0.990. The maximum Gasteiger partial charge on any atom is 0.335 e. The second-order valence-electron chi connectivity index (χ2n) is 5.94. The van der Waals surface area contributed by atoms with Crippen LogP contribution >= 0.6 is 0 Å². The van der Waals surface area contributed by atoms with E-state index < -0.39 is 22.1 Å². The van der Waals surface area contributed by atoms with E-state index in [1.165, 1.54) is 25.3 Å². The molecule has 0 saturated carbocycles. The van der Waals surface area contributed by atoms with Gasteiger partial charge in [-0.3, -0.25) is 4.72 Å². The van der Waals surface area contributed by atoms with Crippen LogP contribution in [0.2, 0.25) is 0 Å². The lowest BCUT2D eigenvalue weighted by molar-refractivity contribution is -0.00318. The lowest BCUT2D eigenvalue weighted by Crippen LogP contribution is -2.36. The highest BCUT2D eigenvalue weighted by molar-refractivity contribution is 7.92. The number of carbonyl (C=O) groups is 1. The summed E-state index contributed by atoms with van der Waals surface area (Å²) in [4.78, 5) is 11.0. The summed E-state index contributed by atoms with van der Waals surface area (Å²) in [6, 6.07) is 4.35. The number of carboxylic acids is 1. The number of aryl methyl sites for hydroxylation is 1. The molecule has 1 saturated heterocycles. The van der Waals surface area contributed by atoms with Gasteiger partial charge in [0.05, 0.1) is 17.4 Å². The SMILES string of the molecule is COC(CS(=O)(=O)Nc1ccc(C(=O)O)c(C)c1)C1CCOCC1. The second-order valence-corrected chi connectivity index (χ2v) is 7.71. The van der Waals surface area contributed by atoms with Gasteiger partial charge in [0.1, 0.15) is 0 Å². The molecule has 0 bridgehead atoms. The molecule has 0 radical (unpaired) electrons. The van der Waals surface area contributed by atoms with Gasteiger partial charge in [0.15, 0.2) is 0 Å². The molecule has 0 aliphatic carbocycles. The minimum absolute atomic E-state index is 0.145. The fourth-order valence-electron chi connectivity index (χ4n) is 2.89. The molecule has 7 nitrogen and oxygen atoms in total. The standard InChI is InChI=1S/C16H23NO6S/c1-11-9-13(3-4-14(11)16(18)19)17-24(20,21)10-15(22-2)12-5-7-23-8-6-12/h3-4,9,12,15,17H,5-8,10H2,1-2H3,(H,18,19). The lowest BCUT2D eigenvalue weighted by Gasteiger charge is -2.29. The Kier molecular flexibility index (Phi) is 6.20. The summed E-state index contributed by atoms with van der Waals surface area (Å²) >= 11 is 0. The number of nitrogens with one attached hydrogen (secondary N) is 1. The van der Waals surface area contributed by atoms with Crippen LogP contribution in [0.4, 0.5) is 5.69 Å². The average molecular weight is 357 g/mol. The Morgan fingerprint density at radius 2 is 2.08 bits per heavy atom. The van der Waals surface area contributed by atoms with Crippen LogP contribution in [0, 0.1) is 12.8 Å². The first-order chi connectivity index (χ1) is 11.3. The molecule has 134 valence electrons. The summed E-state index contributed by atoms with van der Waals surface area (Å²) < 4.78 is 38.0. The van der Waals surface area contributed by atoms with Gasteiger partial charge in [-0.05, 0) is 49.4 Å². The van der Waals surface area contributed by atoms with Crippen molar-refractivity contribution < 1.29 is 27.8 Å². The van der Waals surface area contributed by atoms with Crippen LogP contribution < -0.4 is 4.72 Å². The number of hydrogen-bond donors (Lipinski definition) is 2. The molecule has 1 unspecified atom stereocenters. The molecule has 1 heterocycles. The summed E-state index contributed by atoms with van der Waals surface area (Å²) in [6.07, 6.45) is 1.16. The van der Waals surface area contributed by atoms with Crippen molar-refractivity contribution in [3.63, 3.8) is 0 Å². The molecule has 2 N–H and O–H groups in total. The van der Waals surface area contributed by atoms with Crippen LogP contribution in [0.25, 0.3) is 0 Å². The molecule has 1 aromatic carbocycles. The molecule has 1 aromatic rings. The van der Waals surface area contributed by atoms with Crippen LogP contribution in [0.15, 0.2) is 18.2 Å². The van der Waals surface area contributed by atoms with Crippen molar-refractivity contribution in [3.8, 4) is 0 Å². The molecular weight excluding hydrogens is 334 g/mol. The van der Waals surface area contributed by atoms with Gasteiger partial charge >= 0.3 is 5.97 Å². The Bertz CT molecular complexity index is 682. The third-order valence-corrected chi connectivity index (χ3v) is 5.52. The van der Waals surface area contributed by atoms with Crippen LogP contribution in [0.5, 0.6) is 0 Å². The molecule has 0 amide bonds. The van der Waals surface area contributed by atoms with Gasteiger partial charge < -0.3 is 14.6 Å². The minimum Gasteiger partial charge on any atom is -0.478 e. The van der Waals surface area contributed by atoms with Gasteiger partial charge in [-0.1, -0.05) is 0 Å². The zero-order valence-electron chi connectivity index (χ0n) is 13.8. The van der Waals surface area contributed by atoms with E-state index in [4.69, 9.17) is 14.6 Å². The van der Waals surface area contributed by atoms with Crippen molar-refractivity contribution in [3.05, 3.63) is 29.3 Å². The summed E-state index contributed by atoms with van der Waals surface area (Å²) in [5.74, 6) is -1.04. The molecule has 1 aliphatic heterocycles. The Morgan fingerprint density at radius 3 is 2.62 bits per heavy atom. The fraction of sp³-hybridized carbons (Fsp3) is 0.562. The third-order valence-electron chi connectivity index (χ3n) is 4.21. The molecule has 1 atom stereocenters. The first kappa shape index (κ1) is 18.7. The van der Waals surface area contributed by atoms with E-state index in [1.807, 2.05) is 0 Å². The number of benzene rings is 1. The average Bonchev–Trinajstić information content (AvgIpc) is 2.52. The Morgan fingerprint density at radius 1 is 1.42 bits per heavy atom. The van der Waals surface area contributed by atoms with Gasteiger partial charge in [-0.25, -0.2) is 13.2 Å². The summed E-state index contributed by atoms with van der Waals surface area (Å²) in [7, 11) is -2.09. The van der Waals surface area contributed by atoms with Crippen LogP contribution in [-0.2, 0) is 19.5 Å². The number of ether oxygens (including phenoxy) is 2. The minimum atomic E-state index is -3.61. The molecule has 1 aliphatic rings. The monoisotopic (exact) mass is 357 g/mol. The van der Waals surface area contributed by atoms with E-state index in [0.29, 0.717) is 24.5 Å². The zero-order valence-corrected chi connectivity index (χ0v) is 14.6. The normalized spacial score (nSPS) is 17.4. The molecule has 1 fully saturated rings. The molecule has 0 spiro atoms. The highest BCUT2D eigenvalue weighted by Gasteiger charge is 2.28. The van der Waals surface area contributed by atoms with E-state index in [2.05, 4.69) is 4.72 Å². The molecular formula is C16H23NO6S. The second kappa shape index (κ2) is 7.96. The van der Waals surface area contributed by atoms with Gasteiger partial charge in [0, 0.05) is 26.0 Å². The lowest BCUT2D eigenvalue weighted by atomic mass is 9.95. The van der Waals surface area contributed by atoms with Crippen LogP contribution in [0.3, 0.4) is 0 Å². The van der Waals surface area contributed by atoms with Gasteiger partial charge in [0.2, 0.25) is 10.0 Å². The quantitative estimate of drug-likeness (QED) is 0.772. The third kappa shape index (κ3) is 4.93. The summed E-state index contributed by atoms with van der Waals surface area (Å²) in [5, 5.41) is 9.02. The smallest absolute Gasteiger partial charge is 0.335 e. The molecule has 2 rings (SSSR count). The van der Waals surface area contributed by atoms with Crippen molar-refractivity contribution >= 4 is 21.7 Å². The van der Waals surface area contributed by atoms with E-state index in [1.54, 1.807) is 6.92 Å². The molecule has 0 aromatic heterocycles. The molecule has 24 heavy (non-hydrogen) atoms. The van der Waals surface area contributed by atoms with Gasteiger partial charge in [-0.15, -0.1) is 0 Å². The first-order valence-corrected chi connectivity index (χ1v) is 9.42. The number of hydrogen-bond acceptors (Lipinski definition) is 5. The van der Waals surface area contributed by atoms with Crippen molar-refractivity contribution in [1.82, 2.24) is 0 Å². The first-order valence-electron chi connectivity index (χ1n) is 7.77. The van der Waals surface area contributed by atoms with Crippen molar-refractivity contribution in [2.24, 2.45) is 5.92 Å². The highest BCUT2D eigenvalue weighted by Crippen LogP contribution is 2.23. The van der Waals surface area contributed by atoms with Crippen molar-refractivity contribution in [2.75, 3.05) is 30.8 Å². The number of aromatic carboxylic acids is 1. The van der Waals surface area contributed by atoms with E-state index in [0.717, 1.165) is 12.8 Å². The number of anilines is 1. The zero-order chi connectivity index (χ0) is 17.7. The number of carboxylic acid groups (broad SMARTS) is 1. The Labute approximate surface area is 142 Å². The number of rotatable bonds is 7. The van der Waals surface area contributed by atoms with Crippen molar-refractivity contribution in [2.45, 2.75) is 25.9 Å². The predicted octanol–water partition coefficient (Wildman–Crippen LogP) is 1.88. The van der Waals surface area contributed by atoms with E-state index >= 15 is 0 Å². The van der Waals surface area contributed by atoms with Gasteiger partial charge in [-0.2, -0.15) is 0 Å². The fourth-order valence-corrected chi connectivity index (χ4v) is 4.30. The van der Waals surface area contributed by atoms with Crippen molar-refractivity contribution in [1.29, 1.82) is 0 Å². The predicted molar refractivity (Wildman–Crippen MR) is 89.9 cm³/mol. The van der Waals surface area contributed by atoms with E-state index in [9.17, 15) is 13.2 Å². The maximum absolute atomic E-state index is 12.4. The van der Waals surface area contributed by atoms with Crippen LogP contribution in [0.1, 0.15) is 28.8 Å².